The van der Waals surface area contributed by atoms with E-state index in [-0.39, 0.29) is 6.54 Å². The van der Waals surface area contributed by atoms with Gasteiger partial charge in [-0.25, -0.2) is 4.79 Å². The quantitative estimate of drug-likeness (QED) is 0.840. The van der Waals surface area contributed by atoms with Crippen molar-refractivity contribution < 1.29 is 19.1 Å². The van der Waals surface area contributed by atoms with E-state index in [4.69, 9.17) is 4.74 Å². The summed E-state index contributed by atoms with van der Waals surface area (Å²) >= 11 is 0. The summed E-state index contributed by atoms with van der Waals surface area (Å²) in [7, 11) is 0. The van der Waals surface area contributed by atoms with Crippen LogP contribution in [-0.2, 0) is 9.53 Å². The lowest BCUT2D eigenvalue weighted by atomic mass is 9.98. The zero-order valence-corrected chi connectivity index (χ0v) is 13.6. The molecular weight excluding hydrogens is 296 g/mol. The Morgan fingerprint density at radius 2 is 2.00 bits per heavy atom. The van der Waals surface area contributed by atoms with Gasteiger partial charge in [0.2, 0.25) is 0 Å². The number of aryl methyl sites for hydroxylation is 1. The molecule has 1 heterocycles. The Kier molecular flexibility index (Phi) is 4.54. The molecule has 6 nitrogen and oxygen atoms in total. The van der Waals surface area contributed by atoms with E-state index in [2.05, 4.69) is 10.6 Å². The number of ether oxygens (including phenoxy) is 1. The number of carbonyl (C=O) groups is 3. The summed E-state index contributed by atoms with van der Waals surface area (Å²) in [6, 6.07) is 3.54. The van der Waals surface area contributed by atoms with Crippen LogP contribution >= 0.6 is 0 Å². The minimum absolute atomic E-state index is 0.258. The molecule has 1 aliphatic rings. The van der Waals surface area contributed by atoms with Crippen molar-refractivity contribution >= 4 is 29.5 Å². The van der Waals surface area contributed by atoms with Crippen molar-refractivity contribution in [2.45, 2.75) is 33.3 Å². The molecule has 2 amide bonds. The zero-order valence-electron chi connectivity index (χ0n) is 13.6. The van der Waals surface area contributed by atoms with Crippen molar-refractivity contribution in [3.63, 3.8) is 0 Å². The van der Waals surface area contributed by atoms with Crippen molar-refractivity contribution in [1.82, 2.24) is 5.32 Å². The lowest BCUT2D eigenvalue weighted by Gasteiger charge is -2.19. The Morgan fingerprint density at radius 3 is 2.65 bits per heavy atom. The first-order valence-electron chi connectivity index (χ1n) is 7.32. The third-order valence-electron chi connectivity index (χ3n) is 3.19. The van der Waals surface area contributed by atoms with Gasteiger partial charge in [0.25, 0.3) is 11.7 Å². The van der Waals surface area contributed by atoms with Gasteiger partial charge in [-0.15, -0.1) is 0 Å². The van der Waals surface area contributed by atoms with Gasteiger partial charge in [0.1, 0.15) is 5.60 Å². The van der Waals surface area contributed by atoms with E-state index in [1.807, 2.05) is 13.0 Å². The second-order valence-corrected chi connectivity index (χ2v) is 6.29. The van der Waals surface area contributed by atoms with Crippen LogP contribution in [0.3, 0.4) is 0 Å². The molecule has 0 bridgehead atoms. The third kappa shape index (κ3) is 3.97. The van der Waals surface area contributed by atoms with Gasteiger partial charge in [-0.1, -0.05) is 18.2 Å². The molecule has 0 atom stereocenters. The van der Waals surface area contributed by atoms with E-state index in [0.717, 1.165) is 5.56 Å². The first-order chi connectivity index (χ1) is 10.7. The molecule has 1 aromatic rings. The molecule has 1 aromatic carbocycles. The normalized spacial score (nSPS) is 13.9. The second-order valence-electron chi connectivity index (χ2n) is 6.29. The minimum atomic E-state index is -0.618. The predicted molar refractivity (Wildman–Crippen MR) is 87.4 cm³/mol. The van der Waals surface area contributed by atoms with Crippen molar-refractivity contribution in [3.05, 3.63) is 34.9 Å². The van der Waals surface area contributed by atoms with Gasteiger partial charge < -0.3 is 15.4 Å². The van der Waals surface area contributed by atoms with E-state index < -0.39 is 23.4 Å². The van der Waals surface area contributed by atoms with Crippen molar-refractivity contribution in [1.29, 1.82) is 0 Å². The summed E-state index contributed by atoms with van der Waals surface area (Å²) in [5.41, 5.74) is 1.90. The number of Topliss-reactive ketones (excluding diaryl/α,β-unsaturated/α-hetero) is 1. The van der Waals surface area contributed by atoms with Gasteiger partial charge in [-0.2, -0.15) is 0 Å². The molecule has 2 N–H and O–H groups in total. The molecule has 0 saturated heterocycles. The molecule has 0 unspecified atom stereocenters. The summed E-state index contributed by atoms with van der Waals surface area (Å²) in [4.78, 5) is 35.0. The predicted octanol–water partition coefficient (Wildman–Crippen LogP) is 2.67. The number of rotatable bonds is 3. The number of nitrogens with one attached hydrogen (secondary N) is 2. The fraction of sp³-hybridized carbons (Fsp3) is 0.353. The molecule has 23 heavy (non-hydrogen) atoms. The highest BCUT2D eigenvalue weighted by Crippen LogP contribution is 2.29. The van der Waals surface area contributed by atoms with Gasteiger partial charge >= 0.3 is 6.09 Å². The van der Waals surface area contributed by atoms with Crippen molar-refractivity contribution in [3.8, 4) is 0 Å². The van der Waals surface area contributed by atoms with Crippen LogP contribution in [0.1, 0.15) is 42.3 Å². The standard InChI is InChI=1S/C17H20N2O4/c1-10-7-8-12-13(14(20)15(21)19-12)11(10)6-5-9-18-16(22)23-17(2,3)4/h5-8H,9H2,1-4H3,(H,18,22)(H,19,20,21). The number of benzene rings is 1. The van der Waals surface area contributed by atoms with Gasteiger partial charge in [-0.05, 0) is 44.9 Å². The van der Waals surface area contributed by atoms with Gasteiger partial charge in [-0.3, -0.25) is 9.59 Å². The second kappa shape index (κ2) is 6.24. The lowest BCUT2D eigenvalue weighted by Crippen LogP contribution is -2.32. The fourth-order valence-corrected chi connectivity index (χ4v) is 2.21. The van der Waals surface area contributed by atoms with Crippen molar-refractivity contribution in [2.75, 3.05) is 11.9 Å². The smallest absolute Gasteiger partial charge is 0.407 e. The molecule has 0 saturated carbocycles. The van der Waals surface area contributed by atoms with Crippen LogP contribution in [0.4, 0.5) is 10.5 Å². The van der Waals surface area contributed by atoms with Crippen LogP contribution < -0.4 is 10.6 Å². The molecule has 0 fully saturated rings. The van der Waals surface area contributed by atoms with E-state index in [1.165, 1.54) is 0 Å². The number of anilines is 1. The summed E-state index contributed by atoms with van der Waals surface area (Å²) in [5, 5.41) is 5.14. The summed E-state index contributed by atoms with van der Waals surface area (Å²) in [6.45, 7) is 7.48. The number of hydrogen-bond donors (Lipinski definition) is 2. The third-order valence-corrected chi connectivity index (χ3v) is 3.19. The number of amides is 2. The fourth-order valence-electron chi connectivity index (χ4n) is 2.21. The highest BCUT2D eigenvalue weighted by atomic mass is 16.6. The summed E-state index contributed by atoms with van der Waals surface area (Å²) < 4.78 is 5.13. The first kappa shape index (κ1) is 16.7. The number of ketones is 1. The van der Waals surface area contributed by atoms with E-state index >= 15 is 0 Å². The Labute approximate surface area is 134 Å². The average Bonchev–Trinajstić information content (AvgIpc) is 2.71. The summed E-state index contributed by atoms with van der Waals surface area (Å²) in [6.07, 6.45) is 2.93. The number of hydrogen-bond acceptors (Lipinski definition) is 4. The lowest BCUT2D eigenvalue weighted by molar-refractivity contribution is -0.112. The number of fused-ring (bicyclic) bond motifs is 1. The monoisotopic (exact) mass is 316 g/mol. The Hall–Kier alpha value is -2.63. The SMILES string of the molecule is Cc1ccc2c(c1C=CCNC(=O)OC(C)(C)C)C(=O)C(=O)N2. The van der Waals surface area contributed by atoms with Gasteiger partial charge in [0.15, 0.2) is 0 Å². The molecule has 122 valence electrons. The van der Waals surface area contributed by atoms with Gasteiger partial charge in [0, 0.05) is 6.54 Å². The maximum atomic E-state index is 11.9. The van der Waals surface area contributed by atoms with Crippen molar-refractivity contribution in [2.24, 2.45) is 0 Å². The van der Waals surface area contributed by atoms with E-state index in [1.54, 1.807) is 39.0 Å². The van der Waals surface area contributed by atoms with Crippen LogP contribution in [0.2, 0.25) is 0 Å². The number of carbonyl (C=O) groups excluding carboxylic acids is 3. The van der Waals surface area contributed by atoms with E-state index in [9.17, 15) is 14.4 Å². The minimum Gasteiger partial charge on any atom is -0.444 e. The van der Waals surface area contributed by atoms with Crippen LogP contribution in [0.25, 0.3) is 6.08 Å². The zero-order chi connectivity index (χ0) is 17.2. The topological polar surface area (TPSA) is 84.5 Å². The first-order valence-corrected chi connectivity index (χ1v) is 7.32. The van der Waals surface area contributed by atoms with Crippen LogP contribution in [-0.4, -0.2) is 29.9 Å². The molecule has 6 heteroatoms. The maximum Gasteiger partial charge on any atom is 0.407 e. The van der Waals surface area contributed by atoms with Crippen LogP contribution in [0, 0.1) is 6.92 Å². The highest BCUT2D eigenvalue weighted by molar-refractivity contribution is 6.52. The Bertz CT molecular complexity index is 699. The molecular formula is C17H20N2O4. The number of alkyl carbamates (subject to hydrolysis) is 1. The average molecular weight is 316 g/mol. The molecule has 0 aliphatic carbocycles. The van der Waals surface area contributed by atoms with Crippen LogP contribution in [0.15, 0.2) is 18.2 Å². The Morgan fingerprint density at radius 1 is 1.30 bits per heavy atom. The largest absolute Gasteiger partial charge is 0.444 e. The molecule has 1 aliphatic heterocycles. The van der Waals surface area contributed by atoms with E-state index in [0.29, 0.717) is 16.8 Å². The molecule has 0 spiro atoms. The highest BCUT2D eigenvalue weighted by Gasteiger charge is 2.30. The molecule has 0 radical (unpaired) electrons. The Balaban J connectivity index is 2.07. The van der Waals surface area contributed by atoms with Gasteiger partial charge in [0.05, 0.1) is 11.3 Å². The van der Waals surface area contributed by atoms with Crippen LogP contribution in [0.5, 0.6) is 0 Å². The molecule has 2 rings (SSSR count). The summed E-state index contributed by atoms with van der Waals surface area (Å²) in [5.74, 6) is -1.16. The molecule has 0 aromatic heterocycles. The maximum absolute atomic E-state index is 11.9.